The third-order valence-electron chi connectivity index (χ3n) is 2.51. The van der Waals surface area contributed by atoms with Gasteiger partial charge in [0.1, 0.15) is 6.61 Å². The predicted octanol–water partition coefficient (Wildman–Crippen LogP) is 1.96. The highest BCUT2D eigenvalue weighted by atomic mass is 79.9. The highest BCUT2D eigenvalue weighted by Crippen LogP contribution is 2.23. The van der Waals surface area contributed by atoms with Crippen LogP contribution in [0, 0.1) is 0 Å². The first kappa shape index (κ1) is 16.5. The minimum atomic E-state index is -2.45. The van der Waals surface area contributed by atoms with Gasteiger partial charge in [0.25, 0.3) is 6.43 Å². The molecule has 0 aromatic carbocycles. The molecule has 5 nitrogen and oxygen atoms in total. The minimum absolute atomic E-state index is 0.188. The Morgan fingerprint density at radius 2 is 2.21 bits per heavy atom. The van der Waals surface area contributed by atoms with Crippen molar-refractivity contribution >= 4 is 15.9 Å². The number of aromatic nitrogens is 2. The zero-order chi connectivity index (χ0) is 14.3. The van der Waals surface area contributed by atoms with Crippen molar-refractivity contribution in [1.29, 1.82) is 0 Å². The molecule has 0 bridgehead atoms. The van der Waals surface area contributed by atoms with E-state index in [0.717, 1.165) is 10.2 Å². The van der Waals surface area contributed by atoms with E-state index in [-0.39, 0.29) is 12.6 Å². The van der Waals surface area contributed by atoms with E-state index in [1.807, 2.05) is 0 Å². The van der Waals surface area contributed by atoms with Gasteiger partial charge in [0.2, 0.25) is 0 Å². The van der Waals surface area contributed by atoms with Crippen molar-refractivity contribution in [3.63, 3.8) is 0 Å². The van der Waals surface area contributed by atoms with Crippen LogP contribution in [0.15, 0.2) is 10.7 Å². The lowest BCUT2D eigenvalue weighted by molar-refractivity contribution is 0.0150. The number of halogens is 3. The van der Waals surface area contributed by atoms with Crippen LogP contribution in [-0.2, 0) is 16.0 Å². The number of nitrogens with two attached hydrogens (primary N) is 1. The lowest BCUT2D eigenvalue weighted by Crippen LogP contribution is -2.20. The Labute approximate surface area is 119 Å². The zero-order valence-corrected chi connectivity index (χ0v) is 12.3. The molecule has 0 saturated carbocycles. The Bertz CT molecular complexity index is 377. The molecule has 110 valence electrons. The standard InChI is InChI=1S/C11H18BrF2N3O2/c1-18-5-3-17-11(8(12)6-16-17)9(15)2-4-19-7-10(13)14/h6,9-10H,2-5,7,15H2,1H3. The number of alkyl halides is 2. The van der Waals surface area contributed by atoms with Gasteiger partial charge in [0, 0.05) is 13.7 Å². The number of hydrogen-bond donors (Lipinski definition) is 1. The smallest absolute Gasteiger partial charge is 0.261 e. The van der Waals surface area contributed by atoms with Crippen LogP contribution >= 0.6 is 15.9 Å². The lowest BCUT2D eigenvalue weighted by Gasteiger charge is -2.15. The first-order valence-corrected chi connectivity index (χ1v) is 6.67. The van der Waals surface area contributed by atoms with Crippen molar-refractivity contribution < 1.29 is 18.3 Å². The van der Waals surface area contributed by atoms with Gasteiger partial charge in [-0.15, -0.1) is 0 Å². The second kappa shape index (κ2) is 8.57. The Morgan fingerprint density at radius 3 is 2.84 bits per heavy atom. The highest BCUT2D eigenvalue weighted by Gasteiger charge is 2.16. The fourth-order valence-corrected chi connectivity index (χ4v) is 2.21. The van der Waals surface area contributed by atoms with Gasteiger partial charge >= 0.3 is 0 Å². The van der Waals surface area contributed by atoms with E-state index in [9.17, 15) is 8.78 Å². The molecule has 0 radical (unpaired) electrons. The third-order valence-corrected chi connectivity index (χ3v) is 3.12. The van der Waals surface area contributed by atoms with Crippen LogP contribution in [0.3, 0.4) is 0 Å². The summed E-state index contributed by atoms with van der Waals surface area (Å²) in [5, 5.41) is 4.18. The van der Waals surface area contributed by atoms with Crippen molar-refractivity contribution in [3.8, 4) is 0 Å². The van der Waals surface area contributed by atoms with Crippen molar-refractivity contribution in [1.82, 2.24) is 9.78 Å². The molecule has 1 atom stereocenters. The van der Waals surface area contributed by atoms with Gasteiger partial charge < -0.3 is 15.2 Å². The molecule has 0 aliphatic heterocycles. The van der Waals surface area contributed by atoms with Crippen LogP contribution in [0.25, 0.3) is 0 Å². The summed E-state index contributed by atoms with van der Waals surface area (Å²) in [6.45, 7) is 0.739. The average molecular weight is 342 g/mol. The molecule has 2 N–H and O–H groups in total. The minimum Gasteiger partial charge on any atom is -0.383 e. The van der Waals surface area contributed by atoms with Gasteiger partial charge in [-0.3, -0.25) is 4.68 Å². The fraction of sp³-hybridized carbons (Fsp3) is 0.727. The first-order valence-electron chi connectivity index (χ1n) is 5.87. The maximum absolute atomic E-state index is 11.9. The van der Waals surface area contributed by atoms with Gasteiger partial charge in [-0.25, -0.2) is 8.78 Å². The highest BCUT2D eigenvalue weighted by molar-refractivity contribution is 9.10. The van der Waals surface area contributed by atoms with Gasteiger partial charge in [-0.1, -0.05) is 0 Å². The quantitative estimate of drug-likeness (QED) is 0.697. The van der Waals surface area contributed by atoms with Crippen LogP contribution < -0.4 is 5.73 Å². The number of rotatable bonds is 9. The largest absolute Gasteiger partial charge is 0.383 e. The Morgan fingerprint density at radius 1 is 1.47 bits per heavy atom. The van der Waals surface area contributed by atoms with E-state index in [1.165, 1.54) is 0 Å². The summed E-state index contributed by atoms with van der Waals surface area (Å²) in [7, 11) is 1.61. The van der Waals surface area contributed by atoms with Gasteiger partial charge in [-0.05, 0) is 22.4 Å². The third kappa shape index (κ3) is 5.52. The van der Waals surface area contributed by atoms with Crippen LogP contribution in [0.4, 0.5) is 8.78 Å². The molecule has 19 heavy (non-hydrogen) atoms. The van der Waals surface area contributed by atoms with Crippen LogP contribution in [0.5, 0.6) is 0 Å². The molecule has 1 unspecified atom stereocenters. The van der Waals surface area contributed by atoms with Crippen molar-refractivity contribution in [3.05, 3.63) is 16.4 Å². The fourth-order valence-electron chi connectivity index (χ4n) is 1.62. The monoisotopic (exact) mass is 341 g/mol. The summed E-state index contributed by atoms with van der Waals surface area (Å²) in [5.41, 5.74) is 6.85. The Balaban J connectivity index is 2.50. The molecule has 1 rings (SSSR count). The van der Waals surface area contributed by atoms with Crippen LogP contribution in [-0.4, -0.2) is 43.1 Å². The van der Waals surface area contributed by atoms with Gasteiger partial charge in [0.05, 0.1) is 35.6 Å². The molecule has 0 spiro atoms. The van der Waals surface area contributed by atoms with Crippen LogP contribution in [0.1, 0.15) is 18.2 Å². The van der Waals surface area contributed by atoms with Crippen molar-refractivity contribution in [2.75, 3.05) is 26.9 Å². The SMILES string of the molecule is COCCn1ncc(Br)c1C(N)CCOCC(F)F. The van der Waals surface area contributed by atoms with E-state index in [2.05, 4.69) is 21.0 Å². The second-order valence-corrected chi connectivity index (χ2v) is 4.81. The lowest BCUT2D eigenvalue weighted by atomic mass is 10.1. The predicted molar refractivity (Wildman–Crippen MR) is 70.2 cm³/mol. The molecule has 1 aromatic rings. The number of ether oxygens (including phenoxy) is 2. The molecule has 0 amide bonds. The molecule has 1 aromatic heterocycles. The maximum atomic E-state index is 11.9. The Hall–Kier alpha value is -0.570. The zero-order valence-electron chi connectivity index (χ0n) is 10.7. The normalized spacial score (nSPS) is 13.2. The summed E-state index contributed by atoms with van der Waals surface area (Å²) in [5.74, 6) is 0. The molecule has 0 aliphatic rings. The molecule has 1 heterocycles. The first-order chi connectivity index (χ1) is 9.06. The molecular weight excluding hydrogens is 324 g/mol. The second-order valence-electron chi connectivity index (χ2n) is 3.95. The van der Waals surface area contributed by atoms with E-state index in [1.54, 1.807) is 18.0 Å². The summed E-state index contributed by atoms with van der Waals surface area (Å²) >= 11 is 3.38. The number of hydrogen-bond acceptors (Lipinski definition) is 4. The summed E-state index contributed by atoms with van der Waals surface area (Å²) in [6, 6.07) is -0.327. The van der Waals surface area contributed by atoms with E-state index < -0.39 is 13.0 Å². The molecule has 0 saturated heterocycles. The van der Waals surface area contributed by atoms with E-state index >= 15 is 0 Å². The summed E-state index contributed by atoms with van der Waals surface area (Å²) in [6.07, 6.45) is -0.343. The maximum Gasteiger partial charge on any atom is 0.261 e. The molecule has 0 aliphatic carbocycles. The van der Waals surface area contributed by atoms with Gasteiger partial charge in [-0.2, -0.15) is 5.10 Å². The summed E-state index contributed by atoms with van der Waals surface area (Å²) in [4.78, 5) is 0. The summed E-state index contributed by atoms with van der Waals surface area (Å²) < 4.78 is 36.2. The van der Waals surface area contributed by atoms with Crippen molar-refractivity contribution in [2.24, 2.45) is 5.73 Å². The van der Waals surface area contributed by atoms with E-state index in [0.29, 0.717) is 19.6 Å². The Kier molecular flexibility index (Phi) is 7.44. The van der Waals surface area contributed by atoms with Crippen LogP contribution in [0.2, 0.25) is 0 Å². The van der Waals surface area contributed by atoms with Gasteiger partial charge in [0.15, 0.2) is 0 Å². The average Bonchev–Trinajstić information content (AvgIpc) is 2.73. The number of nitrogens with zero attached hydrogens (tertiary/aromatic N) is 2. The molecule has 8 heteroatoms. The number of methoxy groups -OCH3 is 1. The topological polar surface area (TPSA) is 62.3 Å². The molecular formula is C11H18BrF2N3O2. The van der Waals surface area contributed by atoms with Crippen molar-refractivity contribution in [2.45, 2.75) is 25.4 Å². The van der Waals surface area contributed by atoms with E-state index in [4.69, 9.17) is 15.2 Å². The molecule has 0 fully saturated rings.